The molecule has 2 heterocycles. The minimum absolute atomic E-state index is 0.0423. The Kier molecular flexibility index (Phi) is 4.42. The number of hydrogen-bond acceptors (Lipinski definition) is 6. The molecule has 1 aromatic heterocycles. The number of fused-ring (bicyclic) bond motifs is 2. The quantitative estimate of drug-likeness (QED) is 0.604. The lowest BCUT2D eigenvalue weighted by Crippen LogP contribution is -2.21. The molecule has 0 spiro atoms. The lowest BCUT2D eigenvalue weighted by Gasteiger charge is -2.19. The predicted molar refractivity (Wildman–Crippen MR) is 95.4 cm³/mol. The molecular weight excluding hydrogens is 406 g/mol. The van der Waals surface area contributed by atoms with Crippen molar-refractivity contribution >= 4 is 33.0 Å². The van der Waals surface area contributed by atoms with E-state index >= 15 is 0 Å². The third-order valence-electron chi connectivity index (χ3n) is 3.96. The summed E-state index contributed by atoms with van der Waals surface area (Å²) in [5.74, 6) is 0.126. The summed E-state index contributed by atoms with van der Waals surface area (Å²) < 4.78 is 23.4. The number of ether oxygens (including phenoxy) is 3. The predicted octanol–water partition coefficient (Wildman–Crippen LogP) is 2.87. The molecule has 0 saturated heterocycles. The molecule has 4 rings (SSSR count). The Morgan fingerprint density at radius 1 is 1.15 bits per heavy atom. The van der Waals surface area contributed by atoms with Crippen LogP contribution in [0.5, 0.6) is 11.5 Å². The van der Waals surface area contributed by atoms with E-state index in [0.717, 1.165) is 10.0 Å². The van der Waals surface area contributed by atoms with Crippen molar-refractivity contribution in [2.24, 2.45) is 0 Å². The van der Waals surface area contributed by atoms with Crippen molar-refractivity contribution in [3.8, 4) is 11.5 Å². The first-order valence-electron chi connectivity index (χ1n) is 7.94. The molecule has 0 N–H and O–H groups in total. The van der Waals surface area contributed by atoms with E-state index < -0.39 is 11.7 Å². The number of nitrogens with zero attached hydrogens (tertiary/aromatic N) is 1. The summed E-state index contributed by atoms with van der Waals surface area (Å²) in [6.07, 6.45) is 0. The van der Waals surface area contributed by atoms with Gasteiger partial charge < -0.3 is 18.6 Å². The van der Waals surface area contributed by atoms with E-state index in [9.17, 15) is 9.59 Å². The van der Waals surface area contributed by atoms with E-state index in [1.807, 2.05) is 0 Å². The summed E-state index contributed by atoms with van der Waals surface area (Å²) >= 11 is 3.43. The fourth-order valence-electron chi connectivity index (χ4n) is 2.71. The molecule has 0 unspecified atom stereocenters. The van der Waals surface area contributed by atoms with Gasteiger partial charge in [-0.15, -0.1) is 0 Å². The highest BCUT2D eigenvalue weighted by atomic mass is 79.9. The van der Waals surface area contributed by atoms with Crippen molar-refractivity contribution < 1.29 is 23.4 Å². The molecule has 0 aliphatic carbocycles. The summed E-state index contributed by atoms with van der Waals surface area (Å²) in [6, 6.07) is 10.5. The van der Waals surface area contributed by atoms with E-state index in [0.29, 0.717) is 35.8 Å². The van der Waals surface area contributed by atoms with Gasteiger partial charge in [-0.3, -0.25) is 9.36 Å². The first kappa shape index (κ1) is 16.7. The largest absolute Gasteiger partial charge is 0.486 e. The van der Waals surface area contributed by atoms with E-state index in [1.165, 1.54) is 4.57 Å². The van der Waals surface area contributed by atoms with E-state index in [2.05, 4.69) is 15.9 Å². The lowest BCUT2D eigenvalue weighted by atomic mass is 10.2. The number of carbonyl (C=O) groups excluding carboxylic acids is 1. The molecule has 1 aliphatic rings. The molecule has 134 valence electrons. The van der Waals surface area contributed by atoms with Gasteiger partial charge in [0, 0.05) is 10.0 Å². The maximum Gasteiger partial charge on any atom is 0.420 e. The SMILES string of the molecule is O=C(Cn1c(=O)oc2ccccc21)OCc1cc2c(cc1Br)OCCO2. The van der Waals surface area contributed by atoms with Crippen LogP contribution in [0.25, 0.3) is 11.1 Å². The van der Waals surface area contributed by atoms with Gasteiger partial charge in [0.15, 0.2) is 17.1 Å². The second-order valence-corrected chi connectivity index (χ2v) is 6.52. The monoisotopic (exact) mass is 419 g/mol. The number of halogens is 1. The first-order chi connectivity index (χ1) is 12.6. The second-order valence-electron chi connectivity index (χ2n) is 5.67. The second kappa shape index (κ2) is 6.87. The standard InChI is InChI=1S/C18H14BrNO6/c19-12-8-16-15(23-5-6-24-16)7-11(12)10-25-17(21)9-20-13-3-1-2-4-14(13)26-18(20)22/h1-4,7-8H,5-6,9-10H2. The number of carbonyl (C=O) groups is 1. The van der Waals surface area contributed by atoms with Crippen LogP contribution in [-0.2, 0) is 22.7 Å². The molecule has 7 nitrogen and oxygen atoms in total. The fraction of sp³-hybridized carbons (Fsp3) is 0.222. The highest BCUT2D eigenvalue weighted by Gasteiger charge is 2.17. The average molecular weight is 420 g/mol. The topological polar surface area (TPSA) is 79.9 Å². The minimum Gasteiger partial charge on any atom is -0.486 e. The molecule has 1 aliphatic heterocycles. The average Bonchev–Trinajstić information content (AvgIpc) is 2.95. The van der Waals surface area contributed by atoms with Gasteiger partial charge in [-0.1, -0.05) is 28.1 Å². The zero-order valence-electron chi connectivity index (χ0n) is 13.6. The van der Waals surface area contributed by atoms with Gasteiger partial charge in [-0.05, 0) is 24.3 Å². The first-order valence-corrected chi connectivity index (χ1v) is 8.73. The van der Waals surface area contributed by atoms with Crippen molar-refractivity contribution in [1.82, 2.24) is 4.57 Å². The van der Waals surface area contributed by atoms with Crippen LogP contribution in [-0.4, -0.2) is 23.8 Å². The molecular formula is C18H14BrNO6. The van der Waals surface area contributed by atoms with Gasteiger partial charge in [0.25, 0.3) is 0 Å². The molecule has 0 fully saturated rings. The summed E-state index contributed by atoms with van der Waals surface area (Å²) in [5.41, 5.74) is 1.72. The summed E-state index contributed by atoms with van der Waals surface area (Å²) in [7, 11) is 0. The van der Waals surface area contributed by atoms with Gasteiger partial charge in [0.1, 0.15) is 26.4 Å². The summed E-state index contributed by atoms with van der Waals surface area (Å²) in [6.45, 7) is 0.796. The van der Waals surface area contributed by atoms with Crippen molar-refractivity contribution in [2.75, 3.05) is 13.2 Å². The zero-order valence-corrected chi connectivity index (χ0v) is 15.2. The van der Waals surface area contributed by atoms with Crippen LogP contribution in [0.1, 0.15) is 5.56 Å². The number of rotatable bonds is 4. The molecule has 0 bridgehead atoms. The Labute approximate surface area is 156 Å². The molecule has 0 saturated carbocycles. The Bertz CT molecular complexity index is 1040. The van der Waals surface area contributed by atoms with Crippen LogP contribution in [0.3, 0.4) is 0 Å². The van der Waals surface area contributed by atoms with Gasteiger partial charge in [0.05, 0.1) is 5.52 Å². The molecule has 0 amide bonds. The van der Waals surface area contributed by atoms with Crippen LogP contribution in [0, 0.1) is 0 Å². The minimum atomic E-state index is -0.594. The van der Waals surface area contributed by atoms with Gasteiger partial charge in [-0.2, -0.15) is 0 Å². The molecule has 0 radical (unpaired) electrons. The Hall–Kier alpha value is -2.74. The Morgan fingerprint density at radius 3 is 2.69 bits per heavy atom. The molecule has 3 aromatic rings. The van der Waals surface area contributed by atoms with E-state index in [4.69, 9.17) is 18.6 Å². The van der Waals surface area contributed by atoms with Crippen LogP contribution in [0.2, 0.25) is 0 Å². The maximum atomic E-state index is 12.2. The molecule has 0 atom stereocenters. The summed E-state index contributed by atoms with van der Waals surface area (Å²) in [5, 5.41) is 0. The van der Waals surface area contributed by atoms with Crippen molar-refractivity contribution in [3.63, 3.8) is 0 Å². The van der Waals surface area contributed by atoms with Crippen molar-refractivity contribution in [2.45, 2.75) is 13.2 Å². The van der Waals surface area contributed by atoms with Gasteiger partial charge in [-0.25, -0.2) is 4.79 Å². The number of hydrogen-bond donors (Lipinski definition) is 0. The third-order valence-corrected chi connectivity index (χ3v) is 4.70. The fourth-order valence-corrected chi connectivity index (χ4v) is 3.15. The van der Waals surface area contributed by atoms with Crippen molar-refractivity contribution in [3.05, 3.63) is 57.0 Å². The van der Waals surface area contributed by atoms with Gasteiger partial charge in [0.2, 0.25) is 0 Å². The number of para-hydroxylation sites is 2. The highest BCUT2D eigenvalue weighted by Crippen LogP contribution is 2.35. The van der Waals surface area contributed by atoms with Crippen LogP contribution in [0.4, 0.5) is 0 Å². The van der Waals surface area contributed by atoms with Gasteiger partial charge >= 0.3 is 11.7 Å². The lowest BCUT2D eigenvalue weighted by molar-refractivity contribution is -0.145. The van der Waals surface area contributed by atoms with Crippen LogP contribution < -0.4 is 15.2 Å². The number of aromatic nitrogens is 1. The number of oxazole rings is 1. The normalized spacial score (nSPS) is 13.0. The molecule has 26 heavy (non-hydrogen) atoms. The third kappa shape index (κ3) is 3.20. The Morgan fingerprint density at radius 2 is 1.88 bits per heavy atom. The van der Waals surface area contributed by atoms with Crippen LogP contribution >= 0.6 is 15.9 Å². The number of benzene rings is 2. The Balaban J connectivity index is 1.47. The zero-order chi connectivity index (χ0) is 18.1. The van der Waals surface area contributed by atoms with Crippen LogP contribution in [0.15, 0.2) is 50.1 Å². The molecule has 2 aromatic carbocycles. The van der Waals surface area contributed by atoms with Crippen molar-refractivity contribution in [1.29, 1.82) is 0 Å². The maximum absolute atomic E-state index is 12.2. The van der Waals surface area contributed by atoms with E-state index in [1.54, 1.807) is 36.4 Å². The highest BCUT2D eigenvalue weighted by molar-refractivity contribution is 9.10. The number of esters is 1. The molecule has 8 heteroatoms. The smallest absolute Gasteiger partial charge is 0.420 e. The van der Waals surface area contributed by atoms with E-state index in [-0.39, 0.29) is 13.2 Å². The summed E-state index contributed by atoms with van der Waals surface area (Å²) in [4.78, 5) is 24.1.